The average molecular weight is 224 g/mol. The fourth-order valence-electron chi connectivity index (χ4n) is 1.36. The summed E-state index contributed by atoms with van der Waals surface area (Å²) in [5.41, 5.74) is 5.99. The number of aryl methyl sites for hydroxylation is 1. The van der Waals surface area contributed by atoms with Crippen molar-refractivity contribution in [3.63, 3.8) is 0 Å². The highest BCUT2D eigenvalue weighted by atomic mass is 16.6. The van der Waals surface area contributed by atoms with Crippen LogP contribution in [-0.4, -0.2) is 22.5 Å². The number of rotatable bonds is 5. The summed E-state index contributed by atoms with van der Waals surface area (Å²) in [7, 11) is 0. The molecule has 1 unspecified atom stereocenters. The number of aromatic nitrogens is 1. The molecule has 88 valence electrons. The van der Waals surface area contributed by atoms with Crippen molar-refractivity contribution in [2.24, 2.45) is 5.73 Å². The molecular formula is C10H16N4O2. The summed E-state index contributed by atoms with van der Waals surface area (Å²) in [6.07, 6.45) is 0.883. The van der Waals surface area contributed by atoms with Crippen LogP contribution in [0.3, 0.4) is 0 Å². The molecule has 3 N–H and O–H groups in total. The monoisotopic (exact) mass is 224 g/mol. The third kappa shape index (κ3) is 2.90. The van der Waals surface area contributed by atoms with Crippen LogP contribution >= 0.6 is 0 Å². The van der Waals surface area contributed by atoms with Crippen LogP contribution in [0, 0.1) is 17.0 Å². The second-order valence-electron chi connectivity index (χ2n) is 3.54. The van der Waals surface area contributed by atoms with Gasteiger partial charge in [0.15, 0.2) is 0 Å². The van der Waals surface area contributed by atoms with Crippen LogP contribution in [0.2, 0.25) is 0 Å². The van der Waals surface area contributed by atoms with Crippen LogP contribution in [0.4, 0.5) is 11.5 Å². The predicted octanol–water partition coefficient (Wildman–Crippen LogP) is 1.45. The molecule has 0 aliphatic rings. The van der Waals surface area contributed by atoms with Crippen molar-refractivity contribution in [3.8, 4) is 0 Å². The number of pyridine rings is 1. The number of hydrogen-bond donors (Lipinski definition) is 2. The molecule has 0 saturated heterocycles. The minimum atomic E-state index is -0.438. The lowest BCUT2D eigenvalue weighted by molar-refractivity contribution is -0.385. The van der Waals surface area contributed by atoms with E-state index in [9.17, 15) is 10.1 Å². The van der Waals surface area contributed by atoms with Crippen LogP contribution in [0.1, 0.15) is 19.0 Å². The number of nitro groups is 1. The minimum Gasteiger partial charge on any atom is -0.366 e. The molecule has 0 saturated carbocycles. The molecule has 6 heteroatoms. The van der Waals surface area contributed by atoms with E-state index in [1.807, 2.05) is 6.92 Å². The standard InChI is InChI=1S/C10H16N4O2/c1-3-8(6-11)13-10-5-4-9(14(15)16)7(2)12-10/h4-5,8H,3,6,11H2,1-2H3,(H,12,13). The second-order valence-corrected chi connectivity index (χ2v) is 3.54. The molecule has 0 amide bonds. The smallest absolute Gasteiger partial charge is 0.290 e. The Morgan fingerprint density at radius 2 is 2.31 bits per heavy atom. The minimum absolute atomic E-state index is 0.0337. The zero-order chi connectivity index (χ0) is 12.1. The molecule has 0 aromatic carbocycles. The molecule has 1 aromatic heterocycles. The lowest BCUT2D eigenvalue weighted by Gasteiger charge is -2.15. The maximum atomic E-state index is 10.6. The summed E-state index contributed by atoms with van der Waals surface area (Å²) in [6.45, 7) is 4.14. The third-order valence-corrected chi connectivity index (χ3v) is 2.38. The molecule has 1 rings (SSSR count). The van der Waals surface area contributed by atoms with Gasteiger partial charge in [0, 0.05) is 18.7 Å². The van der Waals surface area contributed by atoms with Crippen molar-refractivity contribution in [2.45, 2.75) is 26.3 Å². The van der Waals surface area contributed by atoms with Gasteiger partial charge in [-0.05, 0) is 19.4 Å². The van der Waals surface area contributed by atoms with Crippen LogP contribution < -0.4 is 11.1 Å². The van der Waals surface area contributed by atoms with E-state index in [0.29, 0.717) is 18.1 Å². The second kappa shape index (κ2) is 5.41. The molecule has 1 atom stereocenters. The molecule has 0 radical (unpaired) electrons. The van der Waals surface area contributed by atoms with E-state index < -0.39 is 4.92 Å². The lowest BCUT2D eigenvalue weighted by Crippen LogP contribution is -2.28. The van der Waals surface area contributed by atoms with Crippen molar-refractivity contribution in [1.29, 1.82) is 0 Å². The zero-order valence-corrected chi connectivity index (χ0v) is 9.43. The molecule has 0 aliphatic carbocycles. The van der Waals surface area contributed by atoms with E-state index >= 15 is 0 Å². The van der Waals surface area contributed by atoms with Gasteiger partial charge in [0.05, 0.1) is 4.92 Å². The van der Waals surface area contributed by atoms with Crippen molar-refractivity contribution in [2.75, 3.05) is 11.9 Å². The first-order valence-corrected chi connectivity index (χ1v) is 5.17. The van der Waals surface area contributed by atoms with Gasteiger partial charge in [0.25, 0.3) is 5.69 Å². The number of nitrogens with one attached hydrogen (secondary N) is 1. The molecule has 0 fully saturated rings. The molecule has 6 nitrogen and oxygen atoms in total. The summed E-state index contributed by atoms with van der Waals surface area (Å²) in [6, 6.07) is 3.20. The Labute approximate surface area is 94.0 Å². The van der Waals surface area contributed by atoms with Gasteiger partial charge < -0.3 is 11.1 Å². The summed E-state index contributed by atoms with van der Waals surface area (Å²) >= 11 is 0. The molecule has 1 aromatic rings. The molecule has 1 heterocycles. The SMILES string of the molecule is CCC(CN)Nc1ccc([N+](=O)[O-])c(C)n1. The number of nitrogens with two attached hydrogens (primary N) is 1. The van der Waals surface area contributed by atoms with Gasteiger partial charge in [-0.3, -0.25) is 10.1 Å². The van der Waals surface area contributed by atoms with E-state index in [-0.39, 0.29) is 11.7 Å². The Kier molecular flexibility index (Phi) is 4.19. The summed E-state index contributed by atoms with van der Waals surface area (Å²) < 4.78 is 0. The number of nitrogens with zero attached hydrogens (tertiary/aromatic N) is 2. The Morgan fingerprint density at radius 1 is 1.62 bits per heavy atom. The van der Waals surface area contributed by atoms with Gasteiger partial charge in [0.2, 0.25) is 0 Å². The van der Waals surface area contributed by atoms with E-state index in [1.165, 1.54) is 6.07 Å². The fraction of sp³-hybridized carbons (Fsp3) is 0.500. The summed E-state index contributed by atoms with van der Waals surface area (Å²) in [4.78, 5) is 14.3. The maximum absolute atomic E-state index is 10.6. The normalized spacial score (nSPS) is 12.2. The van der Waals surface area contributed by atoms with Crippen LogP contribution in [0.15, 0.2) is 12.1 Å². The first-order valence-electron chi connectivity index (χ1n) is 5.17. The Morgan fingerprint density at radius 3 is 2.75 bits per heavy atom. The van der Waals surface area contributed by atoms with Crippen molar-refractivity contribution in [1.82, 2.24) is 4.98 Å². The van der Waals surface area contributed by atoms with E-state index in [1.54, 1.807) is 13.0 Å². The highest BCUT2D eigenvalue weighted by molar-refractivity contribution is 5.45. The highest BCUT2D eigenvalue weighted by Crippen LogP contribution is 2.18. The van der Waals surface area contributed by atoms with Gasteiger partial charge in [-0.25, -0.2) is 4.98 Å². The van der Waals surface area contributed by atoms with Gasteiger partial charge in [-0.2, -0.15) is 0 Å². The Balaban J connectivity index is 2.84. The van der Waals surface area contributed by atoms with Crippen LogP contribution in [0.5, 0.6) is 0 Å². The Hall–Kier alpha value is -1.69. The molecule has 0 bridgehead atoms. The lowest BCUT2D eigenvalue weighted by atomic mass is 10.2. The quantitative estimate of drug-likeness (QED) is 0.583. The summed E-state index contributed by atoms with van der Waals surface area (Å²) in [5, 5.41) is 13.7. The average Bonchev–Trinajstić information content (AvgIpc) is 2.25. The van der Waals surface area contributed by atoms with Crippen molar-refractivity contribution in [3.05, 3.63) is 27.9 Å². The van der Waals surface area contributed by atoms with Gasteiger partial charge in [-0.15, -0.1) is 0 Å². The van der Waals surface area contributed by atoms with Crippen LogP contribution in [0.25, 0.3) is 0 Å². The fourth-order valence-corrected chi connectivity index (χ4v) is 1.36. The molecule has 0 spiro atoms. The predicted molar refractivity (Wildman–Crippen MR) is 62.4 cm³/mol. The third-order valence-electron chi connectivity index (χ3n) is 2.38. The topological polar surface area (TPSA) is 94.1 Å². The molecular weight excluding hydrogens is 208 g/mol. The highest BCUT2D eigenvalue weighted by Gasteiger charge is 2.12. The van der Waals surface area contributed by atoms with E-state index in [4.69, 9.17) is 5.73 Å². The first-order chi connectivity index (χ1) is 7.58. The van der Waals surface area contributed by atoms with Gasteiger partial charge in [0.1, 0.15) is 11.5 Å². The Bertz CT molecular complexity index is 377. The summed E-state index contributed by atoms with van der Waals surface area (Å²) in [5.74, 6) is 0.625. The van der Waals surface area contributed by atoms with E-state index in [0.717, 1.165) is 6.42 Å². The molecule has 0 aliphatic heterocycles. The number of anilines is 1. The van der Waals surface area contributed by atoms with Crippen molar-refractivity contribution >= 4 is 11.5 Å². The van der Waals surface area contributed by atoms with Crippen molar-refractivity contribution < 1.29 is 4.92 Å². The number of hydrogen-bond acceptors (Lipinski definition) is 5. The van der Waals surface area contributed by atoms with Crippen LogP contribution in [-0.2, 0) is 0 Å². The molecule has 16 heavy (non-hydrogen) atoms. The zero-order valence-electron chi connectivity index (χ0n) is 9.43. The first kappa shape index (κ1) is 12.4. The van der Waals surface area contributed by atoms with E-state index in [2.05, 4.69) is 10.3 Å². The van der Waals surface area contributed by atoms with Gasteiger partial charge in [-0.1, -0.05) is 6.92 Å². The largest absolute Gasteiger partial charge is 0.366 e. The van der Waals surface area contributed by atoms with Gasteiger partial charge >= 0.3 is 0 Å². The maximum Gasteiger partial charge on any atom is 0.290 e.